The largest absolute Gasteiger partial charge is 0.481 e. The fourth-order valence-corrected chi connectivity index (χ4v) is 1.32. The molecule has 0 bridgehead atoms. The number of rotatable bonds is 5. The van der Waals surface area contributed by atoms with Crippen molar-refractivity contribution >= 4 is 0 Å². The van der Waals surface area contributed by atoms with Gasteiger partial charge in [-0.3, -0.25) is 4.90 Å². The van der Waals surface area contributed by atoms with E-state index in [1.165, 1.54) is 0 Å². The molecule has 0 aromatic carbocycles. The summed E-state index contributed by atoms with van der Waals surface area (Å²) in [5.74, 6) is 0.642. The summed E-state index contributed by atoms with van der Waals surface area (Å²) in [6, 6.07) is 3.87. The Bertz CT molecular complexity index is 340. The summed E-state index contributed by atoms with van der Waals surface area (Å²) in [5, 5.41) is 9.28. The van der Waals surface area contributed by atoms with Crippen molar-refractivity contribution in [2.45, 2.75) is 25.9 Å². The number of aromatic nitrogens is 1. The van der Waals surface area contributed by atoms with Crippen LogP contribution < -0.4 is 4.74 Å². The standard InChI is InChI=1S/C12H20N2O2/c1-12(2,9-15)14(3)8-10-6-5-7-13-11(10)16-4/h5-7,15H,8-9H2,1-4H3. The van der Waals surface area contributed by atoms with Gasteiger partial charge in [0.25, 0.3) is 0 Å². The molecule has 0 saturated carbocycles. The van der Waals surface area contributed by atoms with Gasteiger partial charge in [0.15, 0.2) is 0 Å². The second-order valence-electron chi connectivity index (χ2n) is 4.50. The van der Waals surface area contributed by atoms with Crippen LogP contribution in [0.25, 0.3) is 0 Å². The van der Waals surface area contributed by atoms with Gasteiger partial charge in [-0.2, -0.15) is 0 Å². The van der Waals surface area contributed by atoms with Crippen LogP contribution in [0.15, 0.2) is 18.3 Å². The van der Waals surface area contributed by atoms with Crippen molar-refractivity contribution in [3.63, 3.8) is 0 Å². The van der Waals surface area contributed by atoms with Gasteiger partial charge >= 0.3 is 0 Å². The molecule has 0 radical (unpaired) electrons. The number of ether oxygens (including phenoxy) is 1. The van der Waals surface area contributed by atoms with Crippen LogP contribution in [-0.2, 0) is 6.54 Å². The van der Waals surface area contributed by atoms with Gasteiger partial charge in [0.2, 0.25) is 5.88 Å². The van der Waals surface area contributed by atoms with Crippen LogP contribution in [0, 0.1) is 0 Å². The zero-order chi connectivity index (χ0) is 12.2. The fourth-order valence-electron chi connectivity index (χ4n) is 1.32. The molecule has 1 aromatic rings. The zero-order valence-electron chi connectivity index (χ0n) is 10.4. The Morgan fingerprint density at radius 1 is 1.50 bits per heavy atom. The zero-order valence-corrected chi connectivity index (χ0v) is 10.4. The van der Waals surface area contributed by atoms with Crippen LogP contribution in [0.4, 0.5) is 0 Å². The van der Waals surface area contributed by atoms with Crippen LogP contribution in [0.5, 0.6) is 5.88 Å². The average Bonchev–Trinajstić information content (AvgIpc) is 2.29. The minimum absolute atomic E-state index is 0.117. The van der Waals surface area contributed by atoms with Gasteiger partial charge in [-0.25, -0.2) is 4.98 Å². The SMILES string of the molecule is COc1ncccc1CN(C)C(C)(C)CO. The predicted molar refractivity (Wildman–Crippen MR) is 63.4 cm³/mol. The molecule has 0 spiro atoms. The molecule has 0 aliphatic heterocycles. The highest BCUT2D eigenvalue weighted by Crippen LogP contribution is 2.20. The summed E-state index contributed by atoms with van der Waals surface area (Å²) in [6.07, 6.45) is 1.71. The molecule has 0 unspecified atom stereocenters. The van der Waals surface area contributed by atoms with Crippen molar-refractivity contribution in [2.75, 3.05) is 20.8 Å². The van der Waals surface area contributed by atoms with Crippen molar-refractivity contribution < 1.29 is 9.84 Å². The van der Waals surface area contributed by atoms with Crippen LogP contribution in [0.1, 0.15) is 19.4 Å². The summed E-state index contributed by atoms with van der Waals surface area (Å²) < 4.78 is 5.19. The Hall–Kier alpha value is -1.13. The summed E-state index contributed by atoms with van der Waals surface area (Å²) >= 11 is 0. The third kappa shape index (κ3) is 2.93. The number of likely N-dealkylation sites (N-methyl/N-ethyl adjacent to an activating group) is 1. The second kappa shape index (κ2) is 5.27. The average molecular weight is 224 g/mol. The van der Waals surface area contributed by atoms with Crippen LogP contribution in [0.2, 0.25) is 0 Å². The second-order valence-corrected chi connectivity index (χ2v) is 4.50. The van der Waals surface area contributed by atoms with E-state index in [0.717, 1.165) is 5.56 Å². The maximum absolute atomic E-state index is 9.28. The van der Waals surface area contributed by atoms with Crippen molar-refractivity contribution in [3.8, 4) is 5.88 Å². The molecule has 1 rings (SSSR count). The van der Waals surface area contributed by atoms with E-state index in [2.05, 4.69) is 9.88 Å². The minimum Gasteiger partial charge on any atom is -0.481 e. The molecule has 0 aliphatic rings. The van der Waals surface area contributed by atoms with E-state index in [0.29, 0.717) is 12.4 Å². The van der Waals surface area contributed by atoms with Crippen molar-refractivity contribution in [2.24, 2.45) is 0 Å². The molecule has 0 aliphatic carbocycles. The topological polar surface area (TPSA) is 45.6 Å². The highest BCUT2D eigenvalue weighted by atomic mass is 16.5. The van der Waals surface area contributed by atoms with Crippen molar-refractivity contribution in [1.29, 1.82) is 0 Å². The van der Waals surface area contributed by atoms with Crippen molar-refractivity contribution in [3.05, 3.63) is 23.9 Å². The van der Waals surface area contributed by atoms with Gasteiger partial charge in [0, 0.05) is 23.8 Å². The Morgan fingerprint density at radius 2 is 2.19 bits per heavy atom. The number of hydrogen-bond acceptors (Lipinski definition) is 4. The van der Waals surface area contributed by atoms with Gasteiger partial charge in [0.1, 0.15) is 0 Å². The maximum Gasteiger partial charge on any atom is 0.217 e. The molecule has 0 saturated heterocycles. The van der Waals surface area contributed by atoms with Gasteiger partial charge < -0.3 is 9.84 Å². The normalized spacial score (nSPS) is 11.9. The Balaban J connectivity index is 2.80. The van der Waals surface area contributed by atoms with Crippen LogP contribution in [0.3, 0.4) is 0 Å². The monoisotopic (exact) mass is 224 g/mol. The molecule has 16 heavy (non-hydrogen) atoms. The number of aliphatic hydroxyl groups is 1. The van der Waals surface area contributed by atoms with E-state index >= 15 is 0 Å². The minimum atomic E-state index is -0.249. The van der Waals surface area contributed by atoms with E-state index in [1.54, 1.807) is 13.3 Å². The molecule has 0 fully saturated rings. The van der Waals surface area contributed by atoms with E-state index in [-0.39, 0.29) is 12.1 Å². The predicted octanol–water partition coefficient (Wildman–Crippen LogP) is 1.29. The molecule has 1 aromatic heterocycles. The van der Waals surface area contributed by atoms with Crippen LogP contribution in [-0.4, -0.2) is 41.3 Å². The lowest BCUT2D eigenvalue weighted by molar-refractivity contribution is 0.0726. The summed E-state index contributed by atoms with van der Waals surface area (Å²) in [5.41, 5.74) is 0.773. The highest BCUT2D eigenvalue weighted by molar-refractivity contribution is 5.25. The van der Waals surface area contributed by atoms with Gasteiger partial charge in [-0.15, -0.1) is 0 Å². The lowest BCUT2D eigenvalue weighted by Gasteiger charge is -2.34. The first kappa shape index (κ1) is 12.9. The molecule has 1 heterocycles. The molecular formula is C12H20N2O2. The van der Waals surface area contributed by atoms with Gasteiger partial charge in [-0.1, -0.05) is 6.07 Å². The van der Waals surface area contributed by atoms with Gasteiger partial charge in [-0.05, 0) is 27.0 Å². The molecule has 0 amide bonds. The fraction of sp³-hybridized carbons (Fsp3) is 0.583. The summed E-state index contributed by atoms with van der Waals surface area (Å²) in [6.45, 7) is 4.81. The van der Waals surface area contributed by atoms with Crippen LogP contribution >= 0.6 is 0 Å². The number of methoxy groups -OCH3 is 1. The number of hydrogen-bond donors (Lipinski definition) is 1. The molecule has 4 nitrogen and oxygen atoms in total. The van der Waals surface area contributed by atoms with Crippen molar-refractivity contribution in [1.82, 2.24) is 9.88 Å². The molecule has 1 N–H and O–H groups in total. The lowest BCUT2D eigenvalue weighted by atomic mass is 10.0. The lowest BCUT2D eigenvalue weighted by Crippen LogP contribution is -2.43. The first-order chi connectivity index (χ1) is 7.51. The third-order valence-corrected chi connectivity index (χ3v) is 2.87. The first-order valence-corrected chi connectivity index (χ1v) is 5.31. The van der Waals surface area contributed by atoms with E-state index in [9.17, 15) is 5.11 Å². The van der Waals surface area contributed by atoms with E-state index in [1.807, 2.05) is 33.0 Å². The maximum atomic E-state index is 9.28. The molecule has 0 atom stereocenters. The molecular weight excluding hydrogens is 204 g/mol. The first-order valence-electron chi connectivity index (χ1n) is 5.31. The summed E-state index contributed by atoms with van der Waals surface area (Å²) in [7, 11) is 3.59. The summed E-state index contributed by atoms with van der Waals surface area (Å²) in [4.78, 5) is 6.22. The number of nitrogens with zero attached hydrogens (tertiary/aromatic N) is 2. The Kier molecular flexibility index (Phi) is 4.26. The number of aliphatic hydroxyl groups excluding tert-OH is 1. The molecule has 90 valence electrons. The third-order valence-electron chi connectivity index (χ3n) is 2.87. The molecule has 4 heteroatoms. The smallest absolute Gasteiger partial charge is 0.217 e. The van der Waals surface area contributed by atoms with E-state index in [4.69, 9.17) is 4.74 Å². The Labute approximate surface area is 96.9 Å². The quantitative estimate of drug-likeness (QED) is 0.818. The Morgan fingerprint density at radius 3 is 2.75 bits per heavy atom. The highest BCUT2D eigenvalue weighted by Gasteiger charge is 2.23. The van der Waals surface area contributed by atoms with E-state index < -0.39 is 0 Å². The number of pyridine rings is 1. The van der Waals surface area contributed by atoms with Gasteiger partial charge in [0.05, 0.1) is 13.7 Å².